The molecular formula is C25H21Cl2N3O3S. The van der Waals surface area contributed by atoms with Gasteiger partial charge in [0.05, 0.1) is 29.9 Å². The summed E-state index contributed by atoms with van der Waals surface area (Å²) in [6.45, 7) is 4.81. The summed E-state index contributed by atoms with van der Waals surface area (Å²) in [5.74, 6) is 0.0786. The average Bonchev–Trinajstić information content (AvgIpc) is 3.42. The average molecular weight is 514 g/mol. The molecule has 4 rings (SSSR count). The van der Waals surface area contributed by atoms with Gasteiger partial charge in [-0.1, -0.05) is 35.3 Å². The second-order valence-corrected chi connectivity index (χ2v) is 9.64. The molecule has 0 radical (unpaired) electrons. The summed E-state index contributed by atoms with van der Waals surface area (Å²) in [6.07, 6.45) is 1.57. The van der Waals surface area contributed by atoms with Crippen LogP contribution in [0.5, 0.6) is 0 Å². The van der Waals surface area contributed by atoms with Crippen molar-refractivity contribution in [2.75, 3.05) is 0 Å². The molecule has 0 unspecified atom stereocenters. The molecule has 174 valence electrons. The molecule has 4 aromatic rings. The van der Waals surface area contributed by atoms with Gasteiger partial charge in [-0.3, -0.25) is 9.59 Å². The first-order chi connectivity index (χ1) is 16.3. The van der Waals surface area contributed by atoms with Crippen molar-refractivity contribution in [2.45, 2.75) is 26.9 Å². The Morgan fingerprint density at radius 2 is 1.85 bits per heavy atom. The first-order valence-electron chi connectivity index (χ1n) is 10.4. The molecule has 34 heavy (non-hydrogen) atoms. The number of hydrogen-bond donors (Lipinski definition) is 1. The fourth-order valence-corrected chi connectivity index (χ4v) is 4.77. The molecule has 0 bridgehead atoms. The molecule has 0 saturated heterocycles. The summed E-state index contributed by atoms with van der Waals surface area (Å²) in [5.41, 5.74) is 2.84. The third-order valence-electron chi connectivity index (χ3n) is 5.31. The number of thiazole rings is 1. The highest BCUT2D eigenvalue weighted by atomic mass is 35.5. The van der Waals surface area contributed by atoms with Gasteiger partial charge in [-0.25, -0.2) is 0 Å². The van der Waals surface area contributed by atoms with Crippen molar-refractivity contribution in [2.24, 2.45) is 4.99 Å². The van der Waals surface area contributed by atoms with E-state index in [9.17, 15) is 9.59 Å². The van der Waals surface area contributed by atoms with Crippen LogP contribution in [0.1, 0.15) is 42.6 Å². The number of amides is 2. The van der Waals surface area contributed by atoms with Crippen LogP contribution < -0.4 is 10.1 Å². The highest BCUT2D eigenvalue weighted by Crippen LogP contribution is 2.22. The van der Waals surface area contributed by atoms with E-state index >= 15 is 0 Å². The second-order valence-electron chi connectivity index (χ2n) is 7.61. The van der Waals surface area contributed by atoms with E-state index in [-0.39, 0.29) is 10.9 Å². The van der Waals surface area contributed by atoms with E-state index in [1.54, 1.807) is 42.7 Å². The SMILES string of the molecule is Cc1sc(=NC(=O)c2ccc(Cl)cc2Cl)n(Cc2ccc(C(=O)NCc3ccco3)cc2)c1C. The van der Waals surface area contributed by atoms with Crippen LogP contribution >= 0.6 is 34.5 Å². The summed E-state index contributed by atoms with van der Waals surface area (Å²) in [5, 5.41) is 3.55. The molecule has 2 amide bonds. The summed E-state index contributed by atoms with van der Waals surface area (Å²) >= 11 is 13.6. The van der Waals surface area contributed by atoms with E-state index in [1.165, 1.54) is 17.4 Å². The van der Waals surface area contributed by atoms with Gasteiger partial charge in [-0.2, -0.15) is 4.99 Å². The highest BCUT2D eigenvalue weighted by molar-refractivity contribution is 7.09. The Morgan fingerprint density at radius 1 is 1.09 bits per heavy atom. The Morgan fingerprint density at radius 3 is 2.53 bits per heavy atom. The van der Waals surface area contributed by atoms with Crippen LogP contribution in [0.3, 0.4) is 0 Å². The third kappa shape index (κ3) is 5.50. The highest BCUT2D eigenvalue weighted by Gasteiger charge is 2.13. The molecule has 0 atom stereocenters. The van der Waals surface area contributed by atoms with Gasteiger partial charge in [0.1, 0.15) is 5.76 Å². The van der Waals surface area contributed by atoms with Gasteiger partial charge < -0.3 is 14.3 Å². The number of furan rings is 1. The lowest BCUT2D eigenvalue weighted by Gasteiger charge is -2.08. The Labute approximate surface area is 210 Å². The summed E-state index contributed by atoms with van der Waals surface area (Å²) in [4.78, 5) is 31.2. The first kappa shape index (κ1) is 24.0. The zero-order chi connectivity index (χ0) is 24.2. The van der Waals surface area contributed by atoms with Crippen LogP contribution in [-0.4, -0.2) is 16.4 Å². The number of halogens is 2. The van der Waals surface area contributed by atoms with Gasteiger partial charge in [0.25, 0.3) is 11.8 Å². The van der Waals surface area contributed by atoms with Crippen molar-refractivity contribution in [3.8, 4) is 0 Å². The van der Waals surface area contributed by atoms with Crippen molar-refractivity contribution >= 4 is 46.4 Å². The predicted molar refractivity (Wildman–Crippen MR) is 134 cm³/mol. The van der Waals surface area contributed by atoms with E-state index in [1.807, 2.05) is 30.5 Å². The molecule has 0 spiro atoms. The maximum atomic E-state index is 12.8. The standard InChI is InChI=1S/C25H21Cl2N3O3S/c1-15-16(2)34-25(29-24(32)21-10-9-19(26)12-22(21)27)30(15)14-17-5-7-18(8-6-17)23(31)28-13-20-4-3-11-33-20/h3-12H,13-14H2,1-2H3,(H,28,31). The topological polar surface area (TPSA) is 76.6 Å². The Balaban J connectivity index is 1.53. The van der Waals surface area contributed by atoms with Gasteiger partial charge in [0.15, 0.2) is 4.80 Å². The number of hydrogen-bond acceptors (Lipinski definition) is 4. The minimum absolute atomic E-state index is 0.181. The van der Waals surface area contributed by atoms with E-state index in [0.29, 0.717) is 39.8 Å². The van der Waals surface area contributed by atoms with Gasteiger partial charge in [-0.05, 0) is 61.9 Å². The number of carbonyl (C=O) groups excluding carboxylic acids is 2. The minimum Gasteiger partial charge on any atom is -0.467 e. The molecule has 2 aromatic carbocycles. The fraction of sp³-hybridized carbons (Fsp3) is 0.160. The summed E-state index contributed by atoms with van der Waals surface area (Å²) < 4.78 is 7.21. The zero-order valence-electron chi connectivity index (χ0n) is 18.5. The Bertz CT molecular complexity index is 1400. The maximum absolute atomic E-state index is 12.8. The molecule has 0 saturated carbocycles. The molecule has 2 aromatic heterocycles. The van der Waals surface area contributed by atoms with Crippen LogP contribution in [0.25, 0.3) is 0 Å². The van der Waals surface area contributed by atoms with E-state index in [2.05, 4.69) is 10.3 Å². The number of rotatable bonds is 6. The van der Waals surface area contributed by atoms with Gasteiger partial charge in [0.2, 0.25) is 0 Å². The molecule has 0 aliphatic rings. The van der Waals surface area contributed by atoms with E-state index in [0.717, 1.165) is 16.1 Å². The molecule has 2 heterocycles. The smallest absolute Gasteiger partial charge is 0.281 e. The Kier molecular flexibility index (Phi) is 7.36. The summed E-state index contributed by atoms with van der Waals surface area (Å²) in [6, 6.07) is 15.6. The van der Waals surface area contributed by atoms with Gasteiger partial charge in [-0.15, -0.1) is 11.3 Å². The van der Waals surface area contributed by atoms with Crippen LogP contribution in [0.4, 0.5) is 0 Å². The lowest BCUT2D eigenvalue weighted by Crippen LogP contribution is -2.22. The fourth-order valence-electron chi connectivity index (χ4n) is 3.31. The number of aromatic nitrogens is 1. The van der Waals surface area contributed by atoms with Gasteiger partial charge in [0, 0.05) is 21.2 Å². The van der Waals surface area contributed by atoms with Gasteiger partial charge >= 0.3 is 0 Å². The lowest BCUT2D eigenvalue weighted by atomic mass is 10.1. The van der Waals surface area contributed by atoms with Crippen LogP contribution in [0.15, 0.2) is 70.3 Å². The molecule has 0 fully saturated rings. The number of aryl methyl sites for hydroxylation is 1. The zero-order valence-corrected chi connectivity index (χ0v) is 20.8. The number of nitrogens with zero attached hydrogens (tertiary/aromatic N) is 2. The van der Waals surface area contributed by atoms with Crippen molar-refractivity contribution in [3.63, 3.8) is 0 Å². The minimum atomic E-state index is -0.430. The largest absolute Gasteiger partial charge is 0.467 e. The van der Waals surface area contributed by atoms with Crippen molar-refractivity contribution in [1.82, 2.24) is 9.88 Å². The quantitative estimate of drug-likeness (QED) is 0.354. The Hall–Kier alpha value is -3.13. The molecule has 1 N–H and O–H groups in total. The normalized spacial score (nSPS) is 11.6. The third-order valence-corrected chi connectivity index (χ3v) is 6.95. The van der Waals surface area contributed by atoms with Crippen molar-refractivity contribution in [1.29, 1.82) is 0 Å². The first-order valence-corrected chi connectivity index (χ1v) is 12.0. The van der Waals surface area contributed by atoms with Crippen molar-refractivity contribution < 1.29 is 14.0 Å². The maximum Gasteiger partial charge on any atom is 0.281 e. The van der Waals surface area contributed by atoms with E-state index in [4.69, 9.17) is 27.6 Å². The number of carbonyl (C=O) groups is 2. The molecule has 0 aliphatic heterocycles. The molecular weight excluding hydrogens is 493 g/mol. The predicted octanol–water partition coefficient (Wildman–Crippen LogP) is 5.79. The monoisotopic (exact) mass is 513 g/mol. The molecule has 6 nitrogen and oxygen atoms in total. The van der Waals surface area contributed by atoms with Crippen molar-refractivity contribution in [3.05, 3.63) is 109 Å². The molecule has 9 heteroatoms. The second kappa shape index (κ2) is 10.4. The number of nitrogens with one attached hydrogen (secondary N) is 1. The summed E-state index contributed by atoms with van der Waals surface area (Å²) in [7, 11) is 0. The van der Waals surface area contributed by atoms with Crippen LogP contribution in [-0.2, 0) is 13.1 Å². The van der Waals surface area contributed by atoms with Crippen LogP contribution in [0, 0.1) is 13.8 Å². The molecule has 0 aliphatic carbocycles. The van der Waals surface area contributed by atoms with Crippen LogP contribution in [0.2, 0.25) is 10.0 Å². The lowest BCUT2D eigenvalue weighted by molar-refractivity contribution is 0.0946. The number of benzene rings is 2. The van der Waals surface area contributed by atoms with E-state index < -0.39 is 5.91 Å².